The number of hydrogen-bond acceptors (Lipinski definition) is 20. The van der Waals surface area contributed by atoms with Crippen LogP contribution in [0, 0.1) is 0 Å². The molecule has 15 nitrogen and oxygen atoms in total. The smallest absolute Gasteiger partial charge is 0.233 e. The van der Waals surface area contributed by atoms with Gasteiger partial charge in [-0.15, -0.1) is 43.1 Å². The van der Waals surface area contributed by atoms with Gasteiger partial charge in [0.2, 0.25) is 11.9 Å². The van der Waals surface area contributed by atoms with Crippen molar-refractivity contribution < 1.29 is 9.47 Å². The van der Waals surface area contributed by atoms with Crippen molar-refractivity contribution in [2.75, 3.05) is 60.8 Å². The van der Waals surface area contributed by atoms with Crippen LogP contribution in [0.4, 0.5) is 56.0 Å². The third-order valence-electron chi connectivity index (χ3n) is 9.93. The molecule has 0 saturated heterocycles. The van der Waals surface area contributed by atoms with Gasteiger partial charge in [0.25, 0.3) is 0 Å². The number of anilines is 6. The molecule has 2 N–H and O–H groups in total. The SMILES string of the molecule is CCN(CC)c1cc(Nc2nc(Nc3cc(N(CC)CC)c(OC)cc3N=Nc3snc4scc(Cl)c34)nc(SCc3ccccc3)n2)c(N=Nc2snc3scc(Cl)c23)cc1OC. The van der Waals surface area contributed by atoms with Gasteiger partial charge in [-0.3, -0.25) is 0 Å². The summed E-state index contributed by atoms with van der Waals surface area (Å²) in [5, 5.41) is 33.8. The second-order valence-corrected chi connectivity index (χ2v) is 18.6. The summed E-state index contributed by atoms with van der Waals surface area (Å²) < 4.78 is 20.9. The predicted molar refractivity (Wildman–Crippen MR) is 269 cm³/mol. The molecule has 0 saturated carbocycles. The first kappa shape index (κ1) is 45.4. The summed E-state index contributed by atoms with van der Waals surface area (Å²) in [6, 6.07) is 17.8. The maximum atomic E-state index is 6.53. The van der Waals surface area contributed by atoms with Crippen LogP contribution < -0.4 is 29.9 Å². The number of ether oxygens (including phenoxy) is 2. The van der Waals surface area contributed by atoms with Gasteiger partial charge in [0.05, 0.1) is 57.8 Å². The highest BCUT2D eigenvalue weighted by molar-refractivity contribution is 7.98. The van der Waals surface area contributed by atoms with E-state index in [4.69, 9.17) is 57.9 Å². The molecule has 330 valence electrons. The number of benzene rings is 3. The molecular weight excluding hydrogens is 950 g/mol. The number of rotatable bonds is 19. The predicted octanol–water partition coefficient (Wildman–Crippen LogP) is 14.8. The van der Waals surface area contributed by atoms with Gasteiger partial charge in [-0.2, -0.15) is 23.7 Å². The van der Waals surface area contributed by atoms with E-state index >= 15 is 0 Å². The molecule has 64 heavy (non-hydrogen) atoms. The van der Waals surface area contributed by atoms with Crippen molar-refractivity contribution in [1.82, 2.24) is 23.7 Å². The number of nitrogens with zero attached hydrogens (tertiary/aromatic N) is 11. The first-order valence-corrected chi connectivity index (χ1v) is 25.1. The van der Waals surface area contributed by atoms with E-state index < -0.39 is 0 Å². The van der Waals surface area contributed by atoms with Gasteiger partial charge >= 0.3 is 0 Å². The third-order valence-corrected chi connectivity index (χ3v) is 15.1. The Bertz CT molecular complexity index is 2780. The van der Waals surface area contributed by atoms with Crippen LogP contribution in [0.15, 0.2) is 91.0 Å². The zero-order chi connectivity index (χ0) is 44.7. The van der Waals surface area contributed by atoms with Crippen molar-refractivity contribution in [3.8, 4) is 11.5 Å². The fraction of sp³-hybridized carbons (Fsp3) is 0.262. The van der Waals surface area contributed by atoms with Crippen LogP contribution >= 0.6 is 80.7 Å². The van der Waals surface area contributed by atoms with E-state index in [-0.39, 0.29) is 11.9 Å². The van der Waals surface area contributed by atoms with Crippen LogP contribution in [0.25, 0.3) is 20.4 Å². The minimum atomic E-state index is 0.265. The van der Waals surface area contributed by atoms with Crippen molar-refractivity contribution in [3.63, 3.8) is 0 Å². The van der Waals surface area contributed by atoms with Crippen molar-refractivity contribution >= 4 is 157 Å². The van der Waals surface area contributed by atoms with Crippen molar-refractivity contribution in [2.45, 2.75) is 38.6 Å². The standard InChI is InChI=1S/C42H41Cl2N13O2S5/c1-7-56(8-2)30-16-26(28(18-32(30)58-5)50-52-36-34-24(43)21-60-38(34)54-63-36)45-40-47-41(49-42(48-40)62-20-23-14-12-11-13-15-23)46-27-17-31(57(9-3)10-4)33(59-6)19-29(27)51-53-37-35-25(44)22-61-39(35)55-64-37/h11-19,21-22H,7-10,20H2,1-6H3,(H2,45,46,47,48,49). The lowest BCUT2D eigenvalue weighted by Gasteiger charge is -2.25. The van der Waals surface area contributed by atoms with E-state index in [1.165, 1.54) is 57.5 Å². The lowest BCUT2D eigenvalue weighted by atomic mass is 10.2. The monoisotopic (exact) mass is 989 g/mol. The minimum Gasteiger partial charge on any atom is -0.494 e. The highest BCUT2D eigenvalue weighted by Gasteiger charge is 2.21. The molecule has 0 bridgehead atoms. The lowest BCUT2D eigenvalue weighted by Crippen LogP contribution is -2.22. The van der Waals surface area contributed by atoms with Gasteiger partial charge in [-0.25, -0.2) is 0 Å². The summed E-state index contributed by atoms with van der Waals surface area (Å²) in [7, 11) is 3.28. The van der Waals surface area contributed by atoms with E-state index in [2.05, 4.69) is 79.2 Å². The van der Waals surface area contributed by atoms with Crippen molar-refractivity contribution in [2.24, 2.45) is 20.5 Å². The Morgan fingerprint density at radius 3 is 1.55 bits per heavy atom. The number of fused-ring (bicyclic) bond motifs is 2. The van der Waals surface area contributed by atoms with Gasteiger partial charge in [-0.1, -0.05) is 65.3 Å². The largest absolute Gasteiger partial charge is 0.494 e. The summed E-state index contributed by atoms with van der Waals surface area (Å²) in [5.74, 6) is 2.42. The van der Waals surface area contributed by atoms with E-state index in [1.54, 1.807) is 14.2 Å². The molecule has 0 unspecified atom stereocenters. The van der Waals surface area contributed by atoms with Gasteiger partial charge in [0.1, 0.15) is 32.5 Å². The van der Waals surface area contributed by atoms with Gasteiger partial charge in [-0.05, 0) is 68.5 Å². The van der Waals surface area contributed by atoms with Crippen molar-refractivity contribution in [3.05, 3.63) is 81.0 Å². The van der Waals surface area contributed by atoms with Gasteiger partial charge in [0.15, 0.2) is 15.2 Å². The second-order valence-electron chi connectivity index (χ2n) is 13.6. The molecule has 5 heterocycles. The third kappa shape index (κ3) is 9.87. The Balaban J connectivity index is 1.23. The van der Waals surface area contributed by atoms with Crippen LogP contribution in [-0.2, 0) is 5.75 Å². The second kappa shape index (κ2) is 20.7. The number of aromatic nitrogens is 5. The molecule has 0 aliphatic heterocycles. The zero-order valence-corrected chi connectivity index (χ0v) is 41.0. The van der Waals surface area contributed by atoms with Crippen LogP contribution in [0.1, 0.15) is 33.3 Å². The maximum Gasteiger partial charge on any atom is 0.233 e. The Labute approximate surface area is 400 Å². The summed E-state index contributed by atoms with van der Waals surface area (Å²) in [5.41, 5.74) is 4.99. The molecule has 0 spiro atoms. The molecule has 0 aliphatic carbocycles. The first-order chi connectivity index (χ1) is 31.2. The van der Waals surface area contributed by atoms with Crippen LogP contribution in [-0.4, -0.2) is 64.1 Å². The number of thioether (sulfide) groups is 1. The molecule has 5 aromatic heterocycles. The fourth-order valence-electron chi connectivity index (χ4n) is 6.70. The molecule has 8 rings (SSSR count). The number of methoxy groups -OCH3 is 2. The topological polar surface area (TPSA) is 163 Å². The van der Waals surface area contributed by atoms with Crippen LogP contribution in [0.3, 0.4) is 0 Å². The molecule has 0 fully saturated rings. The quantitative estimate of drug-likeness (QED) is 0.0583. The average Bonchev–Trinajstić information content (AvgIpc) is 4.11. The Kier molecular flexibility index (Phi) is 14.7. The molecule has 0 aliphatic rings. The highest BCUT2D eigenvalue weighted by Crippen LogP contribution is 2.46. The van der Waals surface area contributed by atoms with E-state index in [0.717, 1.165) is 63.6 Å². The van der Waals surface area contributed by atoms with E-state index in [9.17, 15) is 0 Å². The molecule has 3 aromatic carbocycles. The summed E-state index contributed by atoms with van der Waals surface area (Å²) >= 11 is 20.0. The Hall–Kier alpha value is -5.22. The molecule has 0 amide bonds. The van der Waals surface area contributed by atoms with Crippen LogP contribution in [0.5, 0.6) is 11.5 Å². The Morgan fingerprint density at radius 2 is 1.11 bits per heavy atom. The maximum absolute atomic E-state index is 6.53. The molecule has 8 aromatic rings. The van der Waals surface area contributed by atoms with E-state index in [0.29, 0.717) is 65.2 Å². The normalized spacial score (nSPS) is 11.7. The summed E-state index contributed by atoms with van der Waals surface area (Å²) in [6.07, 6.45) is 0. The average molecular weight is 991 g/mol. The number of halogens is 2. The number of nitrogens with one attached hydrogen (secondary N) is 2. The van der Waals surface area contributed by atoms with Crippen molar-refractivity contribution in [1.29, 1.82) is 0 Å². The van der Waals surface area contributed by atoms with Crippen LogP contribution in [0.2, 0.25) is 10.0 Å². The molecule has 0 radical (unpaired) electrons. The lowest BCUT2D eigenvalue weighted by molar-refractivity contribution is 0.414. The molecular formula is C42H41Cl2N13O2S5. The highest BCUT2D eigenvalue weighted by atomic mass is 35.5. The fourth-order valence-corrected chi connectivity index (χ4v) is 11.6. The Morgan fingerprint density at radius 1 is 0.641 bits per heavy atom. The van der Waals surface area contributed by atoms with E-state index in [1.807, 2.05) is 53.2 Å². The number of azo groups is 2. The molecule has 0 atom stereocenters. The summed E-state index contributed by atoms with van der Waals surface area (Å²) in [4.78, 5) is 20.8. The number of thiophene rings is 2. The number of hydrogen-bond donors (Lipinski definition) is 2. The van der Waals surface area contributed by atoms with Gasteiger partial charge in [0, 0.05) is 54.8 Å². The van der Waals surface area contributed by atoms with Gasteiger partial charge < -0.3 is 29.9 Å². The minimum absolute atomic E-state index is 0.265. The first-order valence-electron chi connectivity index (χ1n) is 20.0. The zero-order valence-electron chi connectivity index (χ0n) is 35.4. The molecule has 22 heteroatoms. The summed E-state index contributed by atoms with van der Waals surface area (Å²) in [6.45, 7) is 11.4.